The lowest BCUT2D eigenvalue weighted by Crippen LogP contribution is -2.41. The first kappa shape index (κ1) is 16.8. The van der Waals surface area contributed by atoms with Gasteiger partial charge in [0.15, 0.2) is 12.4 Å². The van der Waals surface area contributed by atoms with E-state index in [4.69, 9.17) is 11.6 Å². The zero-order chi connectivity index (χ0) is 15.7. The summed E-state index contributed by atoms with van der Waals surface area (Å²) in [5.74, 6) is -0.132. The summed E-state index contributed by atoms with van der Waals surface area (Å²) < 4.78 is 1.76. The molecular weight excluding hydrogens is 298 g/mol. The topological polar surface area (TPSA) is 94.8 Å². The quantitative estimate of drug-likeness (QED) is 0.247. The van der Waals surface area contributed by atoms with Crippen LogP contribution in [0.2, 0.25) is 0 Å². The molecule has 1 rings (SSSR count). The van der Waals surface area contributed by atoms with Gasteiger partial charge < -0.3 is 10.6 Å². The number of nitrogens with zero attached hydrogens (tertiary/aromatic N) is 3. The predicted molar refractivity (Wildman–Crippen MR) is 76.6 cm³/mol. The van der Waals surface area contributed by atoms with Gasteiger partial charge in [0.25, 0.3) is 5.91 Å². The van der Waals surface area contributed by atoms with E-state index in [1.54, 1.807) is 22.9 Å². The maximum absolute atomic E-state index is 11.8. The molecule has 1 aromatic heterocycles. The van der Waals surface area contributed by atoms with Gasteiger partial charge in [-0.2, -0.15) is 5.01 Å². The molecule has 0 bridgehead atoms. The summed E-state index contributed by atoms with van der Waals surface area (Å²) in [7, 11) is 1.81. The van der Waals surface area contributed by atoms with Gasteiger partial charge in [0.2, 0.25) is 0 Å². The van der Waals surface area contributed by atoms with Crippen molar-refractivity contribution in [1.29, 1.82) is 0 Å². The zero-order valence-corrected chi connectivity index (χ0v) is 12.3. The molecule has 0 atom stereocenters. The van der Waals surface area contributed by atoms with Gasteiger partial charge in [-0.25, -0.2) is 9.36 Å². The van der Waals surface area contributed by atoms with E-state index >= 15 is 0 Å². The van der Waals surface area contributed by atoms with Crippen molar-refractivity contribution in [3.8, 4) is 0 Å². The number of rotatable bonds is 7. The Bertz CT molecular complexity index is 511. The van der Waals surface area contributed by atoms with Crippen LogP contribution in [0.3, 0.4) is 0 Å². The minimum absolute atomic E-state index is 0.0315. The Labute approximate surface area is 127 Å². The van der Waals surface area contributed by atoms with E-state index in [-0.39, 0.29) is 31.4 Å². The van der Waals surface area contributed by atoms with E-state index < -0.39 is 6.03 Å². The number of pyridine rings is 1. The molecule has 0 aliphatic rings. The number of nitrogens with one attached hydrogen (secondary N) is 2. The van der Waals surface area contributed by atoms with Crippen LogP contribution in [0.5, 0.6) is 0 Å². The first-order chi connectivity index (χ1) is 10.1. The highest BCUT2D eigenvalue weighted by molar-refractivity contribution is 6.18. The smallest absolute Gasteiger partial charge is 0.340 e. The average molecular weight is 315 g/mol. The van der Waals surface area contributed by atoms with Crippen molar-refractivity contribution in [3.05, 3.63) is 35.0 Å². The Kier molecular flexibility index (Phi) is 7.10. The van der Waals surface area contributed by atoms with Crippen LogP contribution in [0.25, 0.3) is 0 Å². The molecule has 0 spiro atoms. The lowest BCUT2D eigenvalue weighted by Gasteiger charge is -2.12. The highest BCUT2D eigenvalue weighted by atomic mass is 35.5. The molecule has 21 heavy (non-hydrogen) atoms. The number of alkyl halides is 1. The third-order valence-electron chi connectivity index (χ3n) is 2.52. The fraction of sp³-hybridized carbons (Fsp3) is 0.417. The van der Waals surface area contributed by atoms with Crippen LogP contribution in [0.15, 0.2) is 29.8 Å². The monoisotopic (exact) mass is 314 g/mol. The fourth-order valence-electron chi connectivity index (χ4n) is 1.52. The van der Waals surface area contributed by atoms with Crippen LogP contribution in [0, 0.1) is 4.91 Å². The van der Waals surface area contributed by atoms with Gasteiger partial charge in [-0.3, -0.25) is 4.79 Å². The second kappa shape index (κ2) is 8.85. The number of carbonyl (C=O) groups excluding carboxylic acids is 2. The van der Waals surface area contributed by atoms with Crippen LogP contribution < -0.4 is 15.2 Å². The zero-order valence-electron chi connectivity index (χ0n) is 11.6. The maximum Gasteiger partial charge on any atom is 0.340 e. The van der Waals surface area contributed by atoms with Gasteiger partial charge in [-0.1, -0.05) is 0 Å². The van der Waals surface area contributed by atoms with E-state index in [0.29, 0.717) is 10.6 Å². The molecule has 0 aliphatic heterocycles. The molecule has 0 saturated carbocycles. The highest BCUT2D eigenvalue weighted by Crippen LogP contribution is 1.93. The predicted octanol–water partition coefficient (Wildman–Crippen LogP) is 0.173. The molecule has 0 saturated heterocycles. The molecule has 0 fully saturated rings. The number of aromatic nitrogens is 1. The minimum Gasteiger partial charge on any atom is -0.350 e. The molecule has 9 heteroatoms. The lowest BCUT2D eigenvalue weighted by molar-refractivity contribution is -0.671. The molecule has 1 heterocycles. The van der Waals surface area contributed by atoms with E-state index in [0.717, 1.165) is 0 Å². The summed E-state index contributed by atoms with van der Waals surface area (Å²) in [6, 6.07) is 2.80. The standard InChI is InChI=1S/C12H16ClN5O3/c1-17-7-2-3-10(9-17)11(19)14-5-6-15-12(20)18(16-21)8-4-13/h2-3,7,9H,4-6,8H2,1H3,(H-,14,15,19,20)/p+1. The molecule has 8 nitrogen and oxygen atoms in total. The van der Waals surface area contributed by atoms with E-state index in [1.807, 2.05) is 13.2 Å². The molecular formula is C12H17ClN5O3+. The van der Waals surface area contributed by atoms with Crippen molar-refractivity contribution in [3.63, 3.8) is 0 Å². The van der Waals surface area contributed by atoms with Crippen molar-refractivity contribution in [2.75, 3.05) is 25.5 Å². The first-order valence-electron chi connectivity index (χ1n) is 6.26. The number of aryl methyl sites for hydroxylation is 1. The SMILES string of the molecule is C[n+]1cccc(C(=O)NCCNC(=O)N(CCCl)N=O)c1. The Morgan fingerprint density at radius 3 is 2.71 bits per heavy atom. The van der Waals surface area contributed by atoms with Gasteiger partial charge in [-0.05, 0) is 6.07 Å². The molecule has 3 amide bonds. The second-order valence-electron chi connectivity index (χ2n) is 4.14. The minimum atomic E-state index is -0.647. The number of hydrogen-bond acceptors (Lipinski definition) is 4. The van der Waals surface area contributed by atoms with Gasteiger partial charge in [-0.15, -0.1) is 16.5 Å². The lowest BCUT2D eigenvalue weighted by atomic mass is 10.2. The van der Waals surface area contributed by atoms with E-state index in [1.165, 1.54) is 0 Å². The van der Waals surface area contributed by atoms with Crippen molar-refractivity contribution in [2.45, 2.75) is 0 Å². The number of nitroso groups, excluding NO2 is 1. The molecule has 0 aliphatic carbocycles. The molecule has 114 valence electrons. The maximum atomic E-state index is 11.8. The van der Waals surface area contributed by atoms with Crippen molar-refractivity contribution in [2.24, 2.45) is 12.3 Å². The molecule has 0 radical (unpaired) electrons. The highest BCUT2D eigenvalue weighted by Gasteiger charge is 2.13. The molecule has 0 unspecified atom stereocenters. The van der Waals surface area contributed by atoms with Crippen LogP contribution in [0.4, 0.5) is 4.79 Å². The second-order valence-corrected chi connectivity index (χ2v) is 4.52. The molecule has 2 N–H and O–H groups in total. The summed E-state index contributed by atoms with van der Waals surface area (Å²) in [5, 5.41) is 8.33. The van der Waals surface area contributed by atoms with Crippen LogP contribution in [-0.2, 0) is 7.05 Å². The van der Waals surface area contributed by atoms with Crippen LogP contribution in [-0.4, -0.2) is 42.5 Å². The molecule has 1 aromatic rings. The Morgan fingerprint density at radius 2 is 2.10 bits per heavy atom. The number of carbonyl (C=O) groups is 2. The first-order valence-corrected chi connectivity index (χ1v) is 6.80. The third-order valence-corrected chi connectivity index (χ3v) is 2.69. The van der Waals surface area contributed by atoms with E-state index in [9.17, 15) is 14.5 Å². The van der Waals surface area contributed by atoms with Crippen LogP contribution >= 0.6 is 11.6 Å². The van der Waals surface area contributed by atoms with E-state index in [2.05, 4.69) is 15.9 Å². The number of amides is 3. The largest absolute Gasteiger partial charge is 0.350 e. The molecule has 0 aromatic carbocycles. The Hall–Kier alpha value is -2.22. The summed E-state index contributed by atoms with van der Waals surface area (Å²) in [6.07, 6.45) is 3.50. The Balaban J connectivity index is 2.32. The van der Waals surface area contributed by atoms with Gasteiger partial charge >= 0.3 is 6.03 Å². The normalized spacial score (nSPS) is 9.81. The van der Waals surface area contributed by atoms with Gasteiger partial charge in [0.1, 0.15) is 12.6 Å². The number of halogens is 1. The average Bonchev–Trinajstić information content (AvgIpc) is 2.48. The fourth-order valence-corrected chi connectivity index (χ4v) is 1.68. The third kappa shape index (κ3) is 5.74. The van der Waals surface area contributed by atoms with Gasteiger partial charge in [0.05, 0.1) is 11.8 Å². The summed E-state index contributed by atoms with van der Waals surface area (Å²) in [4.78, 5) is 33.6. The van der Waals surface area contributed by atoms with Crippen molar-refractivity contribution in [1.82, 2.24) is 15.6 Å². The summed E-state index contributed by atoms with van der Waals surface area (Å²) >= 11 is 5.42. The van der Waals surface area contributed by atoms with Crippen molar-refractivity contribution < 1.29 is 14.2 Å². The Morgan fingerprint density at radius 1 is 1.38 bits per heavy atom. The summed E-state index contributed by atoms with van der Waals surface area (Å²) in [5.41, 5.74) is 0.518. The number of hydrogen-bond donors (Lipinski definition) is 2. The van der Waals surface area contributed by atoms with Crippen LogP contribution in [0.1, 0.15) is 10.4 Å². The summed E-state index contributed by atoms with van der Waals surface area (Å²) in [6.45, 7) is 0.443. The number of urea groups is 1. The van der Waals surface area contributed by atoms with Gasteiger partial charge in [0, 0.05) is 25.0 Å². The van der Waals surface area contributed by atoms with Crippen molar-refractivity contribution >= 4 is 23.5 Å².